The van der Waals surface area contributed by atoms with E-state index in [0.29, 0.717) is 5.41 Å². The van der Waals surface area contributed by atoms with Crippen LogP contribution in [0.15, 0.2) is 0 Å². The van der Waals surface area contributed by atoms with Crippen molar-refractivity contribution in [2.75, 3.05) is 19.6 Å². The summed E-state index contributed by atoms with van der Waals surface area (Å²) < 4.78 is 0. The summed E-state index contributed by atoms with van der Waals surface area (Å²) in [5.41, 5.74) is 6.39. The molecule has 1 aliphatic carbocycles. The first kappa shape index (κ1) is 15.0. The van der Waals surface area contributed by atoms with Crippen LogP contribution in [0.3, 0.4) is 0 Å². The van der Waals surface area contributed by atoms with E-state index in [2.05, 4.69) is 19.2 Å². The lowest BCUT2D eigenvalue weighted by molar-refractivity contribution is 0.278. The van der Waals surface area contributed by atoms with E-state index in [9.17, 15) is 0 Å². The Bertz CT molecular complexity index is 185. The van der Waals surface area contributed by atoms with Gasteiger partial charge in [0.2, 0.25) is 0 Å². The van der Waals surface area contributed by atoms with Gasteiger partial charge in [-0.25, -0.2) is 0 Å². The van der Waals surface area contributed by atoms with Crippen molar-refractivity contribution in [3.05, 3.63) is 0 Å². The van der Waals surface area contributed by atoms with E-state index in [4.69, 9.17) is 5.73 Å². The fourth-order valence-electron chi connectivity index (χ4n) is 3.06. The summed E-state index contributed by atoms with van der Waals surface area (Å²) in [5.74, 6) is 0.867. The zero-order valence-electron chi connectivity index (χ0n) is 11.9. The summed E-state index contributed by atoms with van der Waals surface area (Å²) in [4.78, 5) is 0. The molecular formula is C15H32N2. The molecule has 0 amide bonds. The van der Waals surface area contributed by atoms with E-state index in [-0.39, 0.29) is 0 Å². The van der Waals surface area contributed by atoms with Crippen LogP contribution in [0.2, 0.25) is 0 Å². The molecule has 1 aliphatic rings. The molecule has 0 aromatic heterocycles. The van der Waals surface area contributed by atoms with Crippen LogP contribution in [-0.4, -0.2) is 19.6 Å². The highest BCUT2D eigenvalue weighted by atomic mass is 14.9. The van der Waals surface area contributed by atoms with Crippen molar-refractivity contribution in [1.82, 2.24) is 5.32 Å². The topological polar surface area (TPSA) is 38.0 Å². The highest BCUT2D eigenvalue weighted by molar-refractivity contribution is 4.87. The van der Waals surface area contributed by atoms with Gasteiger partial charge in [0.1, 0.15) is 0 Å². The first-order valence-electron chi connectivity index (χ1n) is 7.67. The third-order valence-electron chi connectivity index (χ3n) is 4.57. The maximum Gasteiger partial charge on any atom is 0.00200 e. The van der Waals surface area contributed by atoms with Crippen LogP contribution in [0.1, 0.15) is 65.2 Å². The minimum Gasteiger partial charge on any atom is -0.330 e. The summed E-state index contributed by atoms with van der Waals surface area (Å²) >= 11 is 0. The summed E-state index contributed by atoms with van der Waals surface area (Å²) in [6.45, 7) is 7.80. The first-order valence-corrected chi connectivity index (χ1v) is 7.67. The molecule has 1 unspecified atom stereocenters. The molecule has 0 aromatic carbocycles. The standard InChI is InChI=1S/C15H32N2/c1-3-5-8-14(4-2)11-17-13-15(12-16)9-6-7-10-15/h14,17H,3-13,16H2,1-2H3. The molecule has 0 radical (unpaired) electrons. The highest BCUT2D eigenvalue weighted by Gasteiger charge is 2.31. The lowest BCUT2D eigenvalue weighted by Gasteiger charge is -2.28. The Kier molecular flexibility index (Phi) is 7.14. The average Bonchev–Trinajstić information content (AvgIpc) is 2.83. The number of hydrogen-bond acceptors (Lipinski definition) is 2. The SMILES string of the molecule is CCCCC(CC)CNCC1(CN)CCCC1. The Morgan fingerprint density at radius 2 is 1.94 bits per heavy atom. The molecule has 17 heavy (non-hydrogen) atoms. The van der Waals surface area contributed by atoms with Gasteiger partial charge < -0.3 is 11.1 Å². The van der Waals surface area contributed by atoms with Crippen molar-refractivity contribution in [3.63, 3.8) is 0 Å². The molecule has 3 N–H and O–H groups in total. The third-order valence-corrected chi connectivity index (χ3v) is 4.57. The van der Waals surface area contributed by atoms with Crippen LogP contribution in [0.25, 0.3) is 0 Å². The summed E-state index contributed by atoms with van der Waals surface area (Å²) in [6.07, 6.45) is 10.8. The second kappa shape index (κ2) is 8.10. The zero-order chi connectivity index (χ0) is 12.6. The minimum atomic E-state index is 0.434. The van der Waals surface area contributed by atoms with Gasteiger partial charge in [-0.05, 0) is 43.7 Å². The molecule has 0 saturated heterocycles. The molecule has 2 nitrogen and oxygen atoms in total. The first-order chi connectivity index (χ1) is 8.26. The number of nitrogens with one attached hydrogen (secondary N) is 1. The van der Waals surface area contributed by atoms with Crippen LogP contribution in [0.4, 0.5) is 0 Å². The molecule has 2 heteroatoms. The molecule has 1 atom stereocenters. The van der Waals surface area contributed by atoms with E-state index in [1.54, 1.807) is 0 Å². The molecule has 1 fully saturated rings. The number of unbranched alkanes of at least 4 members (excludes halogenated alkanes) is 1. The van der Waals surface area contributed by atoms with Crippen molar-refractivity contribution in [2.45, 2.75) is 65.2 Å². The predicted molar refractivity (Wildman–Crippen MR) is 76.1 cm³/mol. The second-order valence-corrected chi connectivity index (χ2v) is 5.96. The minimum absolute atomic E-state index is 0.434. The number of rotatable bonds is 9. The van der Waals surface area contributed by atoms with E-state index in [1.165, 1.54) is 57.9 Å². The fourth-order valence-corrected chi connectivity index (χ4v) is 3.06. The van der Waals surface area contributed by atoms with Gasteiger partial charge in [-0.3, -0.25) is 0 Å². The molecule has 102 valence electrons. The summed E-state index contributed by atoms with van der Waals surface area (Å²) in [5, 5.41) is 3.70. The van der Waals surface area contributed by atoms with Crippen molar-refractivity contribution in [3.8, 4) is 0 Å². The van der Waals surface area contributed by atoms with Crippen molar-refractivity contribution in [2.24, 2.45) is 17.1 Å². The zero-order valence-corrected chi connectivity index (χ0v) is 11.9. The Morgan fingerprint density at radius 3 is 2.47 bits per heavy atom. The van der Waals surface area contributed by atoms with Gasteiger partial charge in [0.15, 0.2) is 0 Å². The van der Waals surface area contributed by atoms with Crippen molar-refractivity contribution < 1.29 is 0 Å². The smallest absolute Gasteiger partial charge is 0.00200 e. The van der Waals surface area contributed by atoms with Gasteiger partial charge in [0, 0.05) is 6.54 Å². The van der Waals surface area contributed by atoms with E-state index in [1.807, 2.05) is 0 Å². The lowest BCUT2D eigenvalue weighted by Crippen LogP contribution is -2.39. The Hall–Kier alpha value is -0.0800. The molecule has 0 heterocycles. The normalized spacial score (nSPS) is 20.6. The maximum absolute atomic E-state index is 5.96. The van der Waals surface area contributed by atoms with Gasteiger partial charge in [-0.2, -0.15) is 0 Å². The van der Waals surface area contributed by atoms with Gasteiger partial charge in [-0.1, -0.05) is 46.0 Å². The monoisotopic (exact) mass is 240 g/mol. The van der Waals surface area contributed by atoms with Gasteiger partial charge in [0.05, 0.1) is 0 Å². The third kappa shape index (κ3) is 4.97. The van der Waals surface area contributed by atoms with E-state index < -0.39 is 0 Å². The molecule has 0 spiro atoms. The van der Waals surface area contributed by atoms with Crippen molar-refractivity contribution in [1.29, 1.82) is 0 Å². The maximum atomic E-state index is 5.96. The lowest BCUT2D eigenvalue weighted by atomic mass is 9.86. The molecule has 0 bridgehead atoms. The van der Waals surface area contributed by atoms with Crippen LogP contribution < -0.4 is 11.1 Å². The molecule has 0 aromatic rings. The van der Waals surface area contributed by atoms with E-state index in [0.717, 1.165) is 19.0 Å². The molecule has 1 rings (SSSR count). The average molecular weight is 240 g/mol. The summed E-state index contributed by atoms with van der Waals surface area (Å²) in [6, 6.07) is 0. The Balaban J connectivity index is 2.20. The van der Waals surface area contributed by atoms with Crippen LogP contribution in [0, 0.1) is 11.3 Å². The highest BCUT2D eigenvalue weighted by Crippen LogP contribution is 2.36. The quantitative estimate of drug-likeness (QED) is 0.649. The number of nitrogens with two attached hydrogens (primary N) is 1. The van der Waals surface area contributed by atoms with Crippen LogP contribution in [-0.2, 0) is 0 Å². The van der Waals surface area contributed by atoms with Crippen LogP contribution >= 0.6 is 0 Å². The summed E-state index contributed by atoms with van der Waals surface area (Å²) in [7, 11) is 0. The molecule has 0 aliphatic heterocycles. The Labute approximate surface area is 108 Å². The Morgan fingerprint density at radius 1 is 1.24 bits per heavy atom. The van der Waals surface area contributed by atoms with E-state index >= 15 is 0 Å². The largest absolute Gasteiger partial charge is 0.330 e. The number of hydrogen-bond donors (Lipinski definition) is 2. The van der Waals surface area contributed by atoms with Gasteiger partial charge >= 0.3 is 0 Å². The second-order valence-electron chi connectivity index (χ2n) is 5.96. The molecular weight excluding hydrogens is 208 g/mol. The van der Waals surface area contributed by atoms with Crippen molar-refractivity contribution >= 4 is 0 Å². The van der Waals surface area contributed by atoms with Gasteiger partial charge in [0.25, 0.3) is 0 Å². The van der Waals surface area contributed by atoms with Crippen LogP contribution in [0.5, 0.6) is 0 Å². The fraction of sp³-hybridized carbons (Fsp3) is 1.00. The van der Waals surface area contributed by atoms with Gasteiger partial charge in [-0.15, -0.1) is 0 Å². The molecule has 1 saturated carbocycles. The predicted octanol–water partition coefficient (Wildman–Crippen LogP) is 3.31.